The van der Waals surface area contributed by atoms with Gasteiger partial charge in [-0.3, -0.25) is 14.9 Å². The smallest absolute Gasteiger partial charge is 0.293 e. The van der Waals surface area contributed by atoms with Gasteiger partial charge in [0.25, 0.3) is 0 Å². The molecule has 4 nitrogen and oxygen atoms in total. The predicted octanol–water partition coefficient (Wildman–Crippen LogP) is 3.07. The minimum atomic E-state index is -1.02. The molecule has 0 radical (unpaired) electrons. The maximum atomic E-state index is 13.1. The van der Waals surface area contributed by atoms with Crippen LogP contribution in [-0.4, -0.2) is 16.0 Å². The van der Waals surface area contributed by atoms with Gasteiger partial charge >= 0.3 is 5.69 Å². The number of benzene rings is 1. The molecule has 0 aliphatic rings. The van der Waals surface area contributed by atoms with Crippen molar-refractivity contribution in [3.05, 3.63) is 38.1 Å². The van der Waals surface area contributed by atoms with Crippen LogP contribution in [0.4, 0.5) is 10.1 Å². The maximum Gasteiger partial charge on any atom is 0.305 e. The average Bonchev–Trinajstić information content (AvgIpc) is 2.19. The topological polar surface area (TPSA) is 60.2 Å². The van der Waals surface area contributed by atoms with Crippen molar-refractivity contribution in [2.24, 2.45) is 0 Å². The molecule has 7 heteroatoms. The predicted molar refractivity (Wildman–Crippen MR) is 58.9 cm³/mol. The highest BCUT2D eigenvalue weighted by molar-refractivity contribution is 9.10. The number of nitro benzene ring substituents is 1. The van der Waals surface area contributed by atoms with Gasteiger partial charge in [-0.2, -0.15) is 4.39 Å². The zero-order valence-electron chi connectivity index (χ0n) is 7.17. The van der Waals surface area contributed by atoms with Gasteiger partial charge in [-0.15, -0.1) is 0 Å². The fraction of sp³-hybridized carbons (Fsp3) is 0.125. The third-order valence-corrected chi connectivity index (χ3v) is 2.82. The summed E-state index contributed by atoms with van der Waals surface area (Å²) >= 11 is 5.91. The number of carbonyl (C=O) groups excluding carboxylic acids is 1. The molecule has 80 valence electrons. The Kier molecular flexibility index (Phi) is 3.92. The van der Waals surface area contributed by atoms with E-state index in [4.69, 9.17) is 0 Å². The number of ketones is 1. The molecule has 0 N–H and O–H groups in total. The van der Waals surface area contributed by atoms with Crippen molar-refractivity contribution in [1.29, 1.82) is 0 Å². The summed E-state index contributed by atoms with van der Waals surface area (Å²) in [5.41, 5.74) is -0.581. The van der Waals surface area contributed by atoms with Gasteiger partial charge in [-0.05, 0) is 22.0 Å². The molecule has 0 spiro atoms. The SMILES string of the molecule is O=C(CBr)c1cc(F)c([N+](=O)[O-])cc1Br. The van der Waals surface area contributed by atoms with E-state index in [2.05, 4.69) is 31.9 Å². The van der Waals surface area contributed by atoms with E-state index in [1.807, 2.05) is 0 Å². The van der Waals surface area contributed by atoms with Gasteiger partial charge in [0.05, 0.1) is 10.3 Å². The Balaban J connectivity index is 3.31. The highest BCUT2D eigenvalue weighted by Gasteiger charge is 2.19. The highest BCUT2D eigenvalue weighted by Crippen LogP contribution is 2.26. The van der Waals surface area contributed by atoms with Crippen LogP contribution in [-0.2, 0) is 0 Å². The van der Waals surface area contributed by atoms with Gasteiger partial charge in [0, 0.05) is 16.1 Å². The summed E-state index contributed by atoms with van der Waals surface area (Å²) in [5, 5.41) is 10.4. The van der Waals surface area contributed by atoms with Crippen molar-refractivity contribution in [3.8, 4) is 0 Å². The molecular weight excluding hydrogens is 337 g/mol. The zero-order valence-corrected chi connectivity index (χ0v) is 10.3. The van der Waals surface area contributed by atoms with Crippen LogP contribution >= 0.6 is 31.9 Å². The minimum Gasteiger partial charge on any atom is -0.293 e. The van der Waals surface area contributed by atoms with Gasteiger partial charge in [0.15, 0.2) is 5.78 Å². The molecule has 1 aromatic rings. The van der Waals surface area contributed by atoms with E-state index >= 15 is 0 Å². The lowest BCUT2D eigenvalue weighted by atomic mass is 10.1. The summed E-state index contributed by atoms with van der Waals surface area (Å²) in [6.45, 7) is 0. The first-order valence-electron chi connectivity index (χ1n) is 3.70. The largest absolute Gasteiger partial charge is 0.305 e. The Hall–Kier alpha value is -0.820. The highest BCUT2D eigenvalue weighted by atomic mass is 79.9. The second-order valence-electron chi connectivity index (χ2n) is 2.60. The normalized spacial score (nSPS) is 10.1. The van der Waals surface area contributed by atoms with Crippen LogP contribution in [0.25, 0.3) is 0 Å². The fourth-order valence-electron chi connectivity index (χ4n) is 0.962. The number of hydrogen-bond acceptors (Lipinski definition) is 3. The summed E-state index contributed by atoms with van der Waals surface area (Å²) < 4.78 is 13.4. The molecular formula is C8H4Br2FNO3. The van der Waals surface area contributed by atoms with Crippen LogP contribution in [0, 0.1) is 15.9 Å². The van der Waals surface area contributed by atoms with Crippen molar-refractivity contribution in [1.82, 2.24) is 0 Å². The third kappa shape index (κ3) is 2.60. The zero-order chi connectivity index (χ0) is 11.6. The summed E-state index contributed by atoms with van der Waals surface area (Å²) in [5.74, 6) is -1.37. The van der Waals surface area contributed by atoms with Crippen LogP contribution in [0.15, 0.2) is 16.6 Å². The summed E-state index contributed by atoms with van der Waals surface area (Å²) in [7, 11) is 0. The van der Waals surface area contributed by atoms with Gasteiger partial charge in [0.1, 0.15) is 0 Å². The number of rotatable bonds is 3. The van der Waals surface area contributed by atoms with E-state index in [0.29, 0.717) is 0 Å². The van der Waals surface area contributed by atoms with E-state index in [1.54, 1.807) is 0 Å². The lowest BCUT2D eigenvalue weighted by Crippen LogP contribution is -2.03. The first-order valence-corrected chi connectivity index (χ1v) is 5.61. The Morgan fingerprint density at radius 1 is 1.53 bits per heavy atom. The Morgan fingerprint density at radius 3 is 2.60 bits per heavy atom. The second-order valence-corrected chi connectivity index (χ2v) is 4.01. The molecule has 0 fully saturated rings. The van der Waals surface area contributed by atoms with Crippen LogP contribution in [0.2, 0.25) is 0 Å². The molecule has 0 aromatic heterocycles. The Labute approximate surface area is 101 Å². The number of halogens is 3. The van der Waals surface area contributed by atoms with Crippen molar-refractivity contribution in [2.75, 3.05) is 5.33 Å². The van der Waals surface area contributed by atoms with Crippen LogP contribution in [0.3, 0.4) is 0 Å². The first kappa shape index (κ1) is 12.3. The maximum absolute atomic E-state index is 13.1. The van der Waals surface area contributed by atoms with Gasteiger partial charge in [-0.25, -0.2) is 0 Å². The molecule has 0 saturated heterocycles. The van der Waals surface area contributed by atoms with Crippen molar-refractivity contribution >= 4 is 43.3 Å². The standard InChI is InChI=1S/C8H4Br2FNO3/c9-3-8(13)4-1-6(11)7(12(14)15)2-5(4)10/h1-2H,3H2. The van der Waals surface area contributed by atoms with Crippen LogP contribution in [0.5, 0.6) is 0 Å². The average molecular weight is 341 g/mol. The lowest BCUT2D eigenvalue weighted by molar-refractivity contribution is -0.387. The van der Waals surface area contributed by atoms with Crippen LogP contribution in [0.1, 0.15) is 10.4 Å². The van der Waals surface area contributed by atoms with E-state index < -0.39 is 16.4 Å². The van der Waals surface area contributed by atoms with E-state index in [9.17, 15) is 19.3 Å². The van der Waals surface area contributed by atoms with Crippen LogP contribution < -0.4 is 0 Å². The Morgan fingerprint density at radius 2 is 2.13 bits per heavy atom. The van der Waals surface area contributed by atoms with Crippen molar-refractivity contribution in [2.45, 2.75) is 0 Å². The number of Topliss-reactive ketones (excluding diaryl/α,β-unsaturated/α-hetero) is 1. The van der Waals surface area contributed by atoms with Crippen molar-refractivity contribution in [3.63, 3.8) is 0 Å². The molecule has 0 heterocycles. The number of nitro groups is 1. The molecule has 1 rings (SSSR count). The minimum absolute atomic E-state index is 0.0306. The number of carbonyl (C=O) groups is 1. The summed E-state index contributed by atoms with van der Waals surface area (Å²) in [6.07, 6.45) is 0. The number of hydrogen-bond donors (Lipinski definition) is 0. The van der Waals surface area contributed by atoms with E-state index in [1.165, 1.54) is 0 Å². The van der Waals surface area contributed by atoms with Crippen molar-refractivity contribution < 1.29 is 14.1 Å². The third-order valence-electron chi connectivity index (χ3n) is 1.65. The molecule has 1 aromatic carbocycles. The molecule has 0 amide bonds. The van der Waals surface area contributed by atoms with E-state index in [0.717, 1.165) is 12.1 Å². The summed E-state index contributed by atoms with van der Waals surface area (Å²) in [4.78, 5) is 20.8. The molecule has 0 aliphatic carbocycles. The van der Waals surface area contributed by atoms with E-state index in [-0.39, 0.29) is 21.1 Å². The number of alkyl halides is 1. The fourth-order valence-corrected chi connectivity index (χ4v) is 1.82. The quantitative estimate of drug-likeness (QED) is 0.367. The molecule has 0 saturated carbocycles. The lowest BCUT2D eigenvalue weighted by Gasteiger charge is -2.01. The van der Waals surface area contributed by atoms with Gasteiger partial charge in [0.2, 0.25) is 5.82 Å². The molecule has 15 heavy (non-hydrogen) atoms. The molecule has 0 bridgehead atoms. The second kappa shape index (κ2) is 4.80. The first-order chi connectivity index (χ1) is 6.97. The number of nitrogens with zero attached hydrogens (tertiary/aromatic N) is 1. The molecule has 0 atom stereocenters. The van der Waals surface area contributed by atoms with Gasteiger partial charge in [-0.1, -0.05) is 15.9 Å². The Bertz CT molecular complexity index is 436. The van der Waals surface area contributed by atoms with Gasteiger partial charge < -0.3 is 0 Å². The molecule has 0 unspecified atom stereocenters. The monoisotopic (exact) mass is 339 g/mol. The molecule has 0 aliphatic heterocycles. The summed E-state index contributed by atoms with van der Waals surface area (Å²) in [6, 6.07) is 1.83.